The van der Waals surface area contributed by atoms with Gasteiger partial charge in [0.1, 0.15) is 5.82 Å². The lowest BCUT2D eigenvalue weighted by Gasteiger charge is -2.13. The summed E-state index contributed by atoms with van der Waals surface area (Å²) in [6.07, 6.45) is 0. The summed E-state index contributed by atoms with van der Waals surface area (Å²) in [5.41, 5.74) is 2.49. The van der Waals surface area contributed by atoms with Gasteiger partial charge in [0.25, 0.3) is 5.91 Å². The third kappa shape index (κ3) is 7.45. The van der Waals surface area contributed by atoms with Crippen LogP contribution in [0.5, 0.6) is 0 Å². The fourth-order valence-electron chi connectivity index (χ4n) is 2.33. The van der Waals surface area contributed by atoms with Gasteiger partial charge in [0, 0.05) is 44.3 Å². The molecule has 0 radical (unpaired) electrons. The summed E-state index contributed by atoms with van der Waals surface area (Å²) in [5.74, 6) is 0.300. The number of amides is 1. The van der Waals surface area contributed by atoms with Gasteiger partial charge in [-0.25, -0.2) is 4.39 Å². The summed E-state index contributed by atoms with van der Waals surface area (Å²) in [5, 5.41) is 6.34. The minimum absolute atomic E-state index is 0. The first-order chi connectivity index (χ1) is 12.4. The number of carbonyl (C=O) groups excluding carboxylic acids is 1. The van der Waals surface area contributed by atoms with E-state index in [1.807, 2.05) is 18.2 Å². The highest BCUT2D eigenvalue weighted by Crippen LogP contribution is 2.14. The Bertz CT molecular complexity index is 777. The predicted molar refractivity (Wildman–Crippen MR) is 121 cm³/mol. The maximum Gasteiger partial charge on any atom is 0.253 e. The van der Waals surface area contributed by atoms with Gasteiger partial charge < -0.3 is 15.5 Å². The van der Waals surface area contributed by atoms with E-state index in [0.717, 1.165) is 11.1 Å². The van der Waals surface area contributed by atoms with E-state index in [-0.39, 0.29) is 35.7 Å². The molecule has 0 fully saturated rings. The van der Waals surface area contributed by atoms with Crippen molar-refractivity contribution in [3.8, 4) is 0 Å². The Kier molecular flexibility index (Phi) is 9.71. The van der Waals surface area contributed by atoms with Crippen LogP contribution in [0.4, 0.5) is 4.39 Å². The molecule has 0 aliphatic heterocycles. The molecule has 0 spiro atoms. The van der Waals surface area contributed by atoms with E-state index in [4.69, 9.17) is 0 Å². The molecule has 5 nitrogen and oxygen atoms in total. The van der Waals surface area contributed by atoms with E-state index in [1.54, 1.807) is 38.2 Å². The van der Waals surface area contributed by atoms with Crippen molar-refractivity contribution in [1.82, 2.24) is 15.5 Å². The van der Waals surface area contributed by atoms with Gasteiger partial charge in [-0.3, -0.25) is 9.79 Å². The summed E-state index contributed by atoms with van der Waals surface area (Å²) in [4.78, 5) is 17.6. The van der Waals surface area contributed by atoms with Crippen LogP contribution in [0.2, 0.25) is 0 Å². The highest BCUT2D eigenvalue weighted by atomic mass is 127. The van der Waals surface area contributed by atoms with Crippen LogP contribution < -0.4 is 10.6 Å². The summed E-state index contributed by atoms with van der Waals surface area (Å²) in [7, 11) is 5.13. The second kappa shape index (κ2) is 11.2. The fourth-order valence-corrected chi connectivity index (χ4v) is 2.84. The number of rotatable bonds is 5. The van der Waals surface area contributed by atoms with Crippen LogP contribution in [-0.4, -0.2) is 37.9 Å². The van der Waals surface area contributed by atoms with Crippen molar-refractivity contribution in [2.45, 2.75) is 13.1 Å². The van der Waals surface area contributed by atoms with Crippen LogP contribution >= 0.6 is 39.9 Å². The SMILES string of the molecule is CN=C(NCc1ccc(C(=O)N(C)C)cc1)NCc1cc(F)cc(Br)c1.I. The molecule has 146 valence electrons. The van der Waals surface area contributed by atoms with E-state index < -0.39 is 0 Å². The molecule has 0 saturated carbocycles. The highest BCUT2D eigenvalue weighted by molar-refractivity contribution is 14.0. The van der Waals surface area contributed by atoms with E-state index in [9.17, 15) is 9.18 Å². The molecule has 0 atom stereocenters. The average molecular weight is 549 g/mol. The second-order valence-electron chi connectivity index (χ2n) is 5.95. The van der Waals surface area contributed by atoms with E-state index in [2.05, 4.69) is 31.6 Å². The van der Waals surface area contributed by atoms with Crippen molar-refractivity contribution in [3.05, 3.63) is 69.4 Å². The second-order valence-corrected chi connectivity index (χ2v) is 6.87. The molecule has 2 rings (SSSR count). The van der Waals surface area contributed by atoms with Crippen LogP contribution in [0.3, 0.4) is 0 Å². The number of aliphatic imine (C=N–C) groups is 1. The molecule has 0 aliphatic rings. The maximum atomic E-state index is 13.4. The number of nitrogens with one attached hydrogen (secondary N) is 2. The summed E-state index contributed by atoms with van der Waals surface area (Å²) in [6, 6.07) is 12.2. The maximum absolute atomic E-state index is 13.4. The lowest BCUT2D eigenvalue weighted by molar-refractivity contribution is 0.0827. The van der Waals surface area contributed by atoms with Crippen LogP contribution in [0.1, 0.15) is 21.5 Å². The Morgan fingerprint density at radius 2 is 1.67 bits per heavy atom. The Hall–Kier alpha value is -1.68. The smallest absolute Gasteiger partial charge is 0.253 e. The third-order valence-electron chi connectivity index (χ3n) is 3.67. The normalized spacial score (nSPS) is 10.8. The molecule has 2 N–H and O–H groups in total. The van der Waals surface area contributed by atoms with Gasteiger partial charge in [-0.05, 0) is 41.5 Å². The van der Waals surface area contributed by atoms with E-state index in [0.29, 0.717) is 29.1 Å². The molecular formula is C19H23BrFIN4O. The minimum atomic E-state index is -0.286. The summed E-state index contributed by atoms with van der Waals surface area (Å²) < 4.78 is 14.1. The molecule has 0 unspecified atom stereocenters. The van der Waals surface area contributed by atoms with Crippen LogP contribution in [0, 0.1) is 5.82 Å². The molecule has 2 aromatic carbocycles. The van der Waals surface area contributed by atoms with Crippen molar-refractivity contribution in [2.75, 3.05) is 21.1 Å². The molecule has 0 heterocycles. The average Bonchev–Trinajstić information content (AvgIpc) is 2.61. The Morgan fingerprint density at radius 1 is 1.07 bits per heavy atom. The number of carbonyl (C=O) groups is 1. The monoisotopic (exact) mass is 548 g/mol. The van der Waals surface area contributed by atoms with Crippen molar-refractivity contribution in [1.29, 1.82) is 0 Å². The van der Waals surface area contributed by atoms with Crippen LogP contribution in [0.15, 0.2) is 51.9 Å². The molecule has 0 saturated heterocycles. The van der Waals surface area contributed by atoms with Crippen molar-refractivity contribution in [2.24, 2.45) is 4.99 Å². The zero-order valence-electron chi connectivity index (χ0n) is 15.4. The molecule has 2 aromatic rings. The van der Waals surface area contributed by atoms with Crippen LogP contribution in [-0.2, 0) is 13.1 Å². The molecule has 0 aliphatic carbocycles. The van der Waals surface area contributed by atoms with Gasteiger partial charge in [-0.1, -0.05) is 28.1 Å². The Balaban J connectivity index is 0.00000364. The molecule has 8 heteroatoms. The summed E-state index contributed by atoms with van der Waals surface area (Å²) in [6.45, 7) is 1.01. The number of halogens is 3. The lowest BCUT2D eigenvalue weighted by Crippen LogP contribution is -2.36. The lowest BCUT2D eigenvalue weighted by atomic mass is 10.1. The molecule has 27 heavy (non-hydrogen) atoms. The number of hydrogen-bond acceptors (Lipinski definition) is 2. The van der Waals surface area contributed by atoms with Crippen LogP contribution in [0.25, 0.3) is 0 Å². The first-order valence-corrected chi connectivity index (χ1v) is 8.88. The fraction of sp³-hybridized carbons (Fsp3) is 0.263. The standard InChI is InChI=1S/C19H22BrFN4O.HI/c1-22-19(24-12-14-8-16(20)10-17(21)9-14)23-11-13-4-6-15(7-5-13)18(26)25(2)3;/h4-10H,11-12H2,1-3H3,(H2,22,23,24);1H. The van der Waals surface area contributed by atoms with Gasteiger partial charge >= 0.3 is 0 Å². The largest absolute Gasteiger partial charge is 0.352 e. The van der Waals surface area contributed by atoms with Gasteiger partial charge in [0.05, 0.1) is 0 Å². The topological polar surface area (TPSA) is 56.7 Å². The zero-order chi connectivity index (χ0) is 19.1. The number of hydrogen-bond donors (Lipinski definition) is 2. The van der Waals surface area contributed by atoms with Gasteiger partial charge in [-0.15, -0.1) is 24.0 Å². The van der Waals surface area contributed by atoms with Crippen molar-refractivity contribution in [3.63, 3.8) is 0 Å². The zero-order valence-corrected chi connectivity index (χ0v) is 19.3. The van der Waals surface area contributed by atoms with Gasteiger partial charge in [0.2, 0.25) is 0 Å². The number of guanidine groups is 1. The third-order valence-corrected chi connectivity index (χ3v) is 4.13. The quantitative estimate of drug-likeness (QED) is 0.340. The van der Waals surface area contributed by atoms with Gasteiger partial charge in [-0.2, -0.15) is 0 Å². The van der Waals surface area contributed by atoms with E-state index in [1.165, 1.54) is 12.1 Å². The van der Waals surface area contributed by atoms with E-state index >= 15 is 0 Å². The first kappa shape index (κ1) is 23.4. The minimum Gasteiger partial charge on any atom is -0.352 e. The molecule has 0 bridgehead atoms. The van der Waals surface area contributed by atoms with Crippen molar-refractivity contribution >= 4 is 51.8 Å². The molecule has 0 aromatic heterocycles. The number of nitrogens with zero attached hydrogens (tertiary/aromatic N) is 2. The molecule has 1 amide bonds. The highest BCUT2D eigenvalue weighted by Gasteiger charge is 2.07. The van der Waals surface area contributed by atoms with Gasteiger partial charge in [0.15, 0.2) is 5.96 Å². The Morgan fingerprint density at radius 3 is 2.19 bits per heavy atom. The molecular weight excluding hydrogens is 526 g/mol. The van der Waals surface area contributed by atoms with Crippen molar-refractivity contribution < 1.29 is 9.18 Å². The first-order valence-electron chi connectivity index (χ1n) is 8.09. The number of benzene rings is 2. The Labute approximate surface area is 184 Å². The summed E-state index contributed by atoms with van der Waals surface area (Å²) >= 11 is 3.28. The predicted octanol–water partition coefficient (Wildman–Crippen LogP) is 3.77.